The van der Waals surface area contributed by atoms with Crippen molar-refractivity contribution >= 4 is 12.2 Å². The van der Waals surface area contributed by atoms with Gasteiger partial charge in [0.2, 0.25) is 0 Å². The zero-order valence-electron chi connectivity index (χ0n) is 7.27. The molecule has 0 aromatic carbocycles. The number of ether oxygens (including phenoxy) is 1. The molecule has 0 atom stereocenters. The van der Waals surface area contributed by atoms with Crippen LogP contribution < -0.4 is 0 Å². The Bertz CT molecular complexity index is 340. The number of esters is 1. The molecule has 0 fully saturated rings. The van der Waals surface area contributed by atoms with Gasteiger partial charge in [0.15, 0.2) is 0 Å². The highest BCUT2D eigenvalue weighted by Crippen LogP contribution is 2.13. The van der Waals surface area contributed by atoms with E-state index in [0.29, 0.717) is 17.1 Å². The van der Waals surface area contributed by atoms with Crippen molar-refractivity contribution in [2.45, 2.75) is 6.92 Å². The van der Waals surface area contributed by atoms with Crippen molar-refractivity contribution < 1.29 is 19.2 Å². The highest BCUT2D eigenvalue weighted by molar-refractivity contribution is 5.92. The van der Waals surface area contributed by atoms with Crippen LogP contribution in [0, 0.1) is 6.92 Å². The first kappa shape index (κ1) is 9.31. The summed E-state index contributed by atoms with van der Waals surface area (Å²) in [6.07, 6.45) is 1.10. The van der Waals surface area contributed by atoms with Crippen molar-refractivity contribution in [1.29, 1.82) is 0 Å². The summed E-state index contributed by atoms with van der Waals surface area (Å²) in [4.78, 5) is 11.1. The monoisotopic (exact) mass is 183 g/mol. The quantitative estimate of drug-likeness (QED) is 0.323. The van der Waals surface area contributed by atoms with Crippen molar-refractivity contribution in [3.63, 3.8) is 0 Å². The van der Waals surface area contributed by atoms with E-state index in [4.69, 9.17) is 9.62 Å². The van der Waals surface area contributed by atoms with Gasteiger partial charge in [0.25, 0.3) is 0 Å². The summed E-state index contributed by atoms with van der Waals surface area (Å²) in [5.74, 6) is 0.265. The van der Waals surface area contributed by atoms with Gasteiger partial charge in [0.05, 0.1) is 7.11 Å². The molecular weight excluding hydrogens is 174 g/mol. The summed E-state index contributed by atoms with van der Waals surface area (Å²) in [5.41, 5.74) is 0.331. The van der Waals surface area contributed by atoms with E-state index in [1.807, 2.05) is 0 Å². The molecule has 0 radical (unpaired) electrons. The van der Waals surface area contributed by atoms with Crippen molar-refractivity contribution in [2.75, 3.05) is 7.11 Å². The number of methoxy groups -OCH3 is 1. The number of hydrogen-bond acceptors (Lipinski definition) is 5. The van der Waals surface area contributed by atoms with Crippen molar-refractivity contribution in [2.24, 2.45) is 5.16 Å². The fraction of sp³-hybridized carbons (Fsp3) is 0.250. The molecule has 1 rings (SSSR count). The molecule has 0 saturated carbocycles. The standard InChI is InChI=1S/C8H9NO4/c1-5-7(8(10)12-2)3-6(13-5)4-9-11/h3-4,11H,1-2H3. The van der Waals surface area contributed by atoms with Crippen LogP contribution in [0.4, 0.5) is 0 Å². The minimum atomic E-state index is -0.473. The van der Waals surface area contributed by atoms with E-state index in [9.17, 15) is 4.79 Å². The van der Waals surface area contributed by atoms with E-state index in [1.54, 1.807) is 6.92 Å². The number of oxime groups is 1. The Labute approximate surface area is 74.6 Å². The van der Waals surface area contributed by atoms with Crippen LogP contribution in [-0.4, -0.2) is 24.5 Å². The maximum atomic E-state index is 11.1. The Balaban J connectivity index is 3.02. The van der Waals surface area contributed by atoms with E-state index in [1.165, 1.54) is 13.2 Å². The molecular formula is C8H9NO4. The zero-order valence-corrected chi connectivity index (χ0v) is 7.27. The summed E-state index contributed by atoms with van der Waals surface area (Å²) in [7, 11) is 1.29. The smallest absolute Gasteiger partial charge is 0.341 e. The van der Waals surface area contributed by atoms with Gasteiger partial charge in [0.1, 0.15) is 23.3 Å². The zero-order chi connectivity index (χ0) is 9.84. The molecule has 1 N–H and O–H groups in total. The first-order valence-corrected chi connectivity index (χ1v) is 3.55. The lowest BCUT2D eigenvalue weighted by atomic mass is 10.2. The van der Waals surface area contributed by atoms with Crippen LogP contribution in [-0.2, 0) is 4.74 Å². The Morgan fingerprint density at radius 3 is 3.00 bits per heavy atom. The fourth-order valence-corrected chi connectivity index (χ4v) is 0.938. The Morgan fingerprint density at radius 1 is 1.77 bits per heavy atom. The number of hydrogen-bond donors (Lipinski definition) is 1. The van der Waals surface area contributed by atoms with Crippen molar-refractivity contribution in [1.82, 2.24) is 0 Å². The maximum absolute atomic E-state index is 11.1. The average molecular weight is 183 g/mol. The largest absolute Gasteiger partial charge is 0.465 e. The van der Waals surface area contributed by atoms with E-state index < -0.39 is 5.97 Å². The normalized spacial score (nSPS) is 10.6. The lowest BCUT2D eigenvalue weighted by Gasteiger charge is -1.93. The molecule has 1 aromatic heterocycles. The van der Waals surface area contributed by atoms with Crippen molar-refractivity contribution in [3.8, 4) is 0 Å². The fourth-order valence-electron chi connectivity index (χ4n) is 0.938. The summed E-state index contributed by atoms with van der Waals surface area (Å²) in [6, 6.07) is 1.45. The van der Waals surface area contributed by atoms with Gasteiger partial charge >= 0.3 is 5.97 Å². The second kappa shape index (κ2) is 3.75. The summed E-state index contributed by atoms with van der Waals surface area (Å²) >= 11 is 0. The molecule has 5 heteroatoms. The maximum Gasteiger partial charge on any atom is 0.341 e. The Kier molecular flexibility index (Phi) is 2.69. The molecule has 5 nitrogen and oxygen atoms in total. The van der Waals surface area contributed by atoms with Crippen LogP contribution >= 0.6 is 0 Å². The van der Waals surface area contributed by atoms with Crippen LogP contribution in [0.15, 0.2) is 15.6 Å². The lowest BCUT2D eigenvalue weighted by Crippen LogP contribution is -2.00. The van der Waals surface area contributed by atoms with Crippen LogP contribution in [0.2, 0.25) is 0 Å². The van der Waals surface area contributed by atoms with Gasteiger partial charge in [-0.15, -0.1) is 0 Å². The SMILES string of the molecule is COC(=O)c1cc(C=NO)oc1C. The molecule has 70 valence electrons. The van der Waals surface area contributed by atoms with Gasteiger partial charge in [-0.3, -0.25) is 0 Å². The average Bonchev–Trinajstić information content (AvgIpc) is 2.46. The first-order chi connectivity index (χ1) is 6.19. The van der Waals surface area contributed by atoms with E-state index in [2.05, 4.69) is 9.89 Å². The van der Waals surface area contributed by atoms with Gasteiger partial charge in [-0.2, -0.15) is 0 Å². The second-order valence-electron chi connectivity index (χ2n) is 2.35. The van der Waals surface area contributed by atoms with Crippen LogP contribution in [0.3, 0.4) is 0 Å². The van der Waals surface area contributed by atoms with E-state index in [0.717, 1.165) is 6.21 Å². The van der Waals surface area contributed by atoms with Crippen LogP contribution in [0.1, 0.15) is 21.9 Å². The number of nitrogens with zero attached hydrogens (tertiary/aromatic N) is 1. The molecule has 0 bridgehead atoms. The van der Waals surface area contributed by atoms with Gasteiger partial charge in [-0.05, 0) is 6.92 Å². The topological polar surface area (TPSA) is 72.0 Å². The number of rotatable bonds is 2. The molecule has 0 aliphatic heterocycles. The van der Waals surface area contributed by atoms with E-state index >= 15 is 0 Å². The first-order valence-electron chi connectivity index (χ1n) is 3.55. The molecule has 0 spiro atoms. The van der Waals surface area contributed by atoms with Crippen molar-refractivity contribution in [3.05, 3.63) is 23.2 Å². The highest BCUT2D eigenvalue weighted by Gasteiger charge is 2.14. The number of carbonyl (C=O) groups excluding carboxylic acids is 1. The Morgan fingerprint density at radius 2 is 2.46 bits per heavy atom. The van der Waals surface area contributed by atoms with Gasteiger partial charge in [0, 0.05) is 6.07 Å². The third kappa shape index (κ3) is 1.87. The predicted octanol–water partition coefficient (Wildman–Crippen LogP) is 1.18. The second-order valence-corrected chi connectivity index (χ2v) is 2.35. The molecule has 0 amide bonds. The molecule has 0 aliphatic rings. The minimum absolute atomic E-state index is 0.306. The molecule has 0 saturated heterocycles. The highest BCUT2D eigenvalue weighted by atomic mass is 16.5. The van der Waals surface area contributed by atoms with Gasteiger partial charge < -0.3 is 14.4 Å². The third-order valence-electron chi connectivity index (χ3n) is 1.53. The lowest BCUT2D eigenvalue weighted by molar-refractivity contribution is 0.0599. The molecule has 1 heterocycles. The number of carbonyl (C=O) groups is 1. The summed E-state index contributed by atoms with van der Waals surface area (Å²) in [6.45, 7) is 1.63. The van der Waals surface area contributed by atoms with E-state index in [-0.39, 0.29) is 0 Å². The summed E-state index contributed by atoms with van der Waals surface area (Å²) < 4.78 is 9.57. The van der Waals surface area contributed by atoms with Gasteiger partial charge in [-0.1, -0.05) is 5.16 Å². The third-order valence-corrected chi connectivity index (χ3v) is 1.53. The number of aryl methyl sites for hydroxylation is 1. The molecule has 13 heavy (non-hydrogen) atoms. The molecule has 1 aromatic rings. The van der Waals surface area contributed by atoms with Crippen LogP contribution in [0.5, 0.6) is 0 Å². The Hall–Kier alpha value is -1.78. The van der Waals surface area contributed by atoms with Crippen LogP contribution in [0.25, 0.3) is 0 Å². The minimum Gasteiger partial charge on any atom is -0.465 e. The molecule has 0 aliphatic carbocycles. The summed E-state index contributed by atoms with van der Waals surface area (Å²) in [5, 5.41) is 11.0. The van der Waals surface area contributed by atoms with Gasteiger partial charge in [-0.25, -0.2) is 4.79 Å². The number of furan rings is 1. The predicted molar refractivity (Wildman–Crippen MR) is 44.2 cm³/mol. The molecule has 0 unspecified atom stereocenters.